The fourth-order valence-corrected chi connectivity index (χ4v) is 0.556. The van der Waals surface area contributed by atoms with Gasteiger partial charge in [-0.15, -0.1) is 0 Å². The maximum atomic E-state index is 8.12. The predicted octanol–water partition coefficient (Wildman–Crippen LogP) is -0.282. The van der Waals surface area contributed by atoms with Crippen molar-refractivity contribution < 1.29 is 9.47 Å². The molecule has 0 fully saturated rings. The van der Waals surface area contributed by atoms with Gasteiger partial charge in [-0.05, 0) is 0 Å². The minimum Gasteiger partial charge on any atom is -0.382 e. The molecule has 0 aromatic heterocycles. The molecule has 0 aliphatic carbocycles. The molecular weight excluding hydrogens is 132 g/mol. The SMILES string of the molecule is COCC(CNC#N)OC. The summed E-state index contributed by atoms with van der Waals surface area (Å²) in [6.45, 7) is 1.01. The summed E-state index contributed by atoms with van der Waals surface area (Å²) in [5.41, 5.74) is 0. The average Bonchev–Trinajstić information content (AvgIpc) is 1.98. The van der Waals surface area contributed by atoms with Gasteiger partial charge < -0.3 is 14.8 Å². The lowest BCUT2D eigenvalue weighted by atomic mass is 10.4. The normalized spacial score (nSPS) is 12.1. The number of methoxy groups -OCH3 is 2. The van der Waals surface area contributed by atoms with Gasteiger partial charge in [-0.3, -0.25) is 0 Å². The van der Waals surface area contributed by atoms with Crippen LogP contribution in [0.2, 0.25) is 0 Å². The first kappa shape index (κ1) is 9.21. The fourth-order valence-electron chi connectivity index (χ4n) is 0.556. The highest BCUT2D eigenvalue weighted by Gasteiger charge is 2.03. The summed E-state index contributed by atoms with van der Waals surface area (Å²) in [4.78, 5) is 0. The number of nitriles is 1. The van der Waals surface area contributed by atoms with Crippen LogP contribution >= 0.6 is 0 Å². The number of hydrogen-bond acceptors (Lipinski definition) is 4. The summed E-state index contributed by atoms with van der Waals surface area (Å²) in [6.07, 6.45) is 1.77. The molecule has 0 bridgehead atoms. The van der Waals surface area contributed by atoms with E-state index in [1.54, 1.807) is 20.4 Å². The zero-order valence-electron chi connectivity index (χ0n) is 6.26. The molecule has 0 rings (SSSR count). The topological polar surface area (TPSA) is 54.3 Å². The Morgan fingerprint density at radius 3 is 2.70 bits per heavy atom. The summed E-state index contributed by atoms with van der Waals surface area (Å²) in [5, 5.41) is 10.6. The van der Waals surface area contributed by atoms with Gasteiger partial charge in [0.25, 0.3) is 0 Å². The molecule has 4 nitrogen and oxygen atoms in total. The maximum absolute atomic E-state index is 8.12. The van der Waals surface area contributed by atoms with Gasteiger partial charge in [0.05, 0.1) is 19.3 Å². The predicted molar refractivity (Wildman–Crippen MR) is 36.3 cm³/mol. The van der Waals surface area contributed by atoms with E-state index in [1.807, 2.05) is 0 Å². The number of nitrogens with zero attached hydrogens (tertiary/aromatic N) is 1. The van der Waals surface area contributed by atoms with Crippen LogP contribution in [-0.4, -0.2) is 33.5 Å². The Kier molecular flexibility index (Phi) is 5.83. The van der Waals surface area contributed by atoms with Crippen LogP contribution in [0.25, 0.3) is 0 Å². The molecule has 0 aromatic carbocycles. The van der Waals surface area contributed by atoms with Gasteiger partial charge in [0.15, 0.2) is 6.19 Å². The highest BCUT2D eigenvalue weighted by molar-refractivity contribution is 4.69. The van der Waals surface area contributed by atoms with Crippen molar-refractivity contribution in [3.8, 4) is 6.19 Å². The third-order valence-electron chi connectivity index (χ3n) is 1.09. The standard InChI is InChI=1S/C6H12N2O2/c1-9-4-6(10-2)3-8-5-7/h6,8H,3-4H2,1-2H3. The molecule has 0 aliphatic rings. The van der Waals surface area contributed by atoms with Crippen molar-refractivity contribution in [1.82, 2.24) is 5.32 Å². The van der Waals surface area contributed by atoms with Crippen LogP contribution in [0.4, 0.5) is 0 Å². The first-order chi connectivity index (χ1) is 4.85. The van der Waals surface area contributed by atoms with Crippen molar-refractivity contribution in [2.45, 2.75) is 6.10 Å². The summed E-state index contributed by atoms with van der Waals surface area (Å²) in [6, 6.07) is 0. The Bertz CT molecular complexity index is 111. The average molecular weight is 144 g/mol. The molecule has 0 radical (unpaired) electrons. The third kappa shape index (κ3) is 4.13. The van der Waals surface area contributed by atoms with E-state index < -0.39 is 0 Å². The van der Waals surface area contributed by atoms with Gasteiger partial charge in [-0.1, -0.05) is 0 Å². The van der Waals surface area contributed by atoms with Crippen LogP contribution < -0.4 is 5.32 Å². The Labute approximate surface area is 60.7 Å². The van der Waals surface area contributed by atoms with Crippen molar-refractivity contribution in [3.63, 3.8) is 0 Å². The molecule has 0 amide bonds. The molecular formula is C6H12N2O2. The van der Waals surface area contributed by atoms with Crippen LogP contribution in [0, 0.1) is 11.5 Å². The number of ether oxygens (including phenoxy) is 2. The molecule has 0 heterocycles. The van der Waals surface area contributed by atoms with Gasteiger partial charge in [0.1, 0.15) is 0 Å². The molecule has 0 spiro atoms. The van der Waals surface area contributed by atoms with Crippen molar-refractivity contribution >= 4 is 0 Å². The smallest absolute Gasteiger partial charge is 0.176 e. The molecule has 1 N–H and O–H groups in total. The molecule has 10 heavy (non-hydrogen) atoms. The van der Waals surface area contributed by atoms with Gasteiger partial charge in [-0.2, -0.15) is 5.26 Å². The number of hydrogen-bond donors (Lipinski definition) is 1. The number of nitrogens with one attached hydrogen (secondary N) is 1. The molecule has 4 heteroatoms. The molecule has 0 aromatic rings. The molecule has 1 unspecified atom stereocenters. The van der Waals surface area contributed by atoms with E-state index in [0.717, 1.165) is 0 Å². The highest BCUT2D eigenvalue weighted by Crippen LogP contribution is 1.86. The Hall–Kier alpha value is -0.790. The van der Waals surface area contributed by atoms with Crippen LogP contribution in [0.5, 0.6) is 0 Å². The fraction of sp³-hybridized carbons (Fsp3) is 0.833. The van der Waals surface area contributed by atoms with Crippen LogP contribution in [0.1, 0.15) is 0 Å². The maximum Gasteiger partial charge on any atom is 0.176 e. The Balaban J connectivity index is 3.32. The minimum absolute atomic E-state index is 0.0374. The lowest BCUT2D eigenvalue weighted by Crippen LogP contribution is -2.29. The van der Waals surface area contributed by atoms with E-state index in [2.05, 4.69) is 5.32 Å². The zero-order chi connectivity index (χ0) is 7.82. The molecule has 0 saturated carbocycles. The number of rotatable bonds is 5. The summed E-state index contributed by atoms with van der Waals surface area (Å²) < 4.78 is 9.77. The molecule has 1 atom stereocenters. The largest absolute Gasteiger partial charge is 0.382 e. The quantitative estimate of drug-likeness (QED) is 0.426. The van der Waals surface area contributed by atoms with Gasteiger partial charge in [0.2, 0.25) is 0 Å². The van der Waals surface area contributed by atoms with Crippen molar-refractivity contribution in [3.05, 3.63) is 0 Å². The van der Waals surface area contributed by atoms with E-state index in [-0.39, 0.29) is 6.10 Å². The first-order valence-electron chi connectivity index (χ1n) is 2.98. The van der Waals surface area contributed by atoms with E-state index in [1.165, 1.54) is 0 Å². The van der Waals surface area contributed by atoms with Gasteiger partial charge in [-0.25, -0.2) is 0 Å². The second-order valence-electron chi connectivity index (χ2n) is 1.81. The van der Waals surface area contributed by atoms with Gasteiger partial charge in [0, 0.05) is 14.2 Å². The molecule has 0 saturated heterocycles. The second kappa shape index (κ2) is 6.33. The van der Waals surface area contributed by atoms with Crippen LogP contribution in [0.15, 0.2) is 0 Å². The van der Waals surface area contributed by atoms with Crippen LogP contribution in [-0.2, 0) is 9.47 Å². The lowest BCUT2D eigenvalue weighted by Gasteiger charge is -2.11. The highest BCUT2D eigenvalue weighted by atomic mass is 16.5. The van der Waals surface area contributed by atoms with E-state index in [0.29, 0.717) is 13.2 Å². The van der Waals surface area contributed by atoms with Crippen molar-refractivity contribution in [2.75, 3.05) is 27.4 Å². The lowest BCUT2D eigenvalue weighted by molar-refractivity contribution is 0.0311. The van der Waals surface area contributed by atoms with Crippen molar-refractivity contribution in [2.24, 2.45) is 0 Å². The summed E-state index contributed by atoms with van der Waals surface area (Å²) in [7, 11) is 3.18. The Morgan fingerprint density at radius 2 is 2.30 bits per heavy atom. The Morgan fingerprint density at radius 1 is 1.60 bits per heavy atom. The monoisotopic (exact) mass is 144 g/mol. The van der Waals surface area contributed by atoms with Gasteiger partial charge >= 0.3 is 0 Å². The zero-order valence-corrected chi connectivity index (χ0v) is 6.26. The minimum atomic E-state index is -0.0374. The van der Waals surface area contributed by atoms with Crippen molar-refractivity contribution in [1.29, 1.82) is 5.26 Å². The summed E-state index contributed by atoms with van der Waals surface area (Å²) >= 11 is 0. The third-order valence-corrected chi connectivity index (χ3v) is 1.09. The van der Waals surface area contributed by atoms with Crippen LogP contribution in [0.3, 0.4) is 0 Å². The second-order valence-corrected chi connectivity index (χ2v) is 1.81. The first-order valence-corrected chi connectivity index (χ1v) is 2.98. The van der Waals surface area contributed by atoms with E-state index in [4.69, 9.17) is 14.7 Å². The molecule has 58 valence electrons. The van der Waals surface area contributed by atoms with E-state index in [9.17, 15) is 0 Å². The molecule has 0 aliphatic heterocycles. The summed E-state index contributed by atoms with van der Waals surface area (Å²) in [5.74, 6) is 0. The van der Waals surface area contributed by atoms with E-state index >= 15 is 0 Å².